The Balaban J connectivity index is 2.00. The van der Waals surface area contributed by atoms with E-state index in [9.17, 15) is 18.0 Å². The van der Waals surface area contributed by atoms with Gasteiger partial charge in [0, 0.05) is 31.2 Å². The van der Waals surface area contributed by atoms with Crippen molar-refractivity contribution in [1.29, 1.82) is 0 Å². The van der Waals surface area contributed by atoms with E-state index in [1.54, 1.807) is 46.5 Å². The summed E-state index contributed by atoms with van der Waals surface area (Å²) in [4.78, 5) is 26.7. The summed E-state index contributed by atoms with van der Waals surface area (Å²) in [5.74, 6) is -0.862. The predicted molar refractivity (Wildman–Crippen MR) is 125 cm³/mol. The maximum Gasteiger partial charge on any atom is 0.331 e. The van der Waals surface area contributed by atoms with Crippen LogP contribution in [0.15, 0.2) is 35.2 Å². The highest BCUT2D eigenvalue weighted by atomic mass is 32.2. The van der Waals surface area contributed by atoms with E-state index in [-0.39, 0.29) is 22.9 Å². The first-order valence-corrected chi connectivity index (χ1v) is 12.8. The molecule has 0 saturated carbocycles. The average molecular weight is 465 g/mol. The third kappa shape index (κ3) is 6.90. The second kappa shape index (κ2) is 11.6. The number of amides is 1. The second-order valence-corrected chi connectivity index (χ2v) is 10.7. The number of rotatable bonds is 8. The maximum absolute atomic E-state index is 12.9. The van der Waals surface area contributed by atoms with Crippen molar-refractivity contribution in [1.82, 2.24) is 9.21 Å². The highest BCUT2D eigenvalue weighted by Crippen LogP contribution is 2.21. The number of esters is 1. The molecule has 0 aliphatic carbocycles. The normalized spacial score (nSPS) is 16.8. The number of nitrogens with zero attached hydrogens (tertiary/aromatic N) is 2. The van der Waals surface area contributed by atoms with Crippen LogP contribution in [0.2, 0.25) is 0 Å². The number of carbonyl (C=O) groups is 2. The van der Waals surface area contributed by atoms with Gasteiger partial charge in [0.15, 0.2) is 6.10 Å². The van der Waals surface area contributed by atoms with Gasteiger partial charge in [-0.15, -0.1) is 0 Å². The van der Waals surface area contributed by atoms with E-state index in [0.717, 1.165) is 25.7 Å². The molecule has 1 atom stereocenters. The Morgan fingerprint density at radius 2 is 1.47 bits per heavy atom. The van der Waals surface area contributed by atoms with E-state index < -0.39 is 22.1 Å². The van der Waals surface area contributed by atoms with E-state index in [1.807, 2.05) is 27.7 Å². The Morgan fingerprint density at radius 3 is 1.97 bits per heavy atom. The predicted octanol–water partition coefficient (Wildman–Crippen LogP) is 3.84. The zero-order valence-corrected chi connectivity index (χ0v) is 20.6. The van der Waals surface area contributed by atoms with Crippen LogP contribution < -0.4 is 0 Å². The third-order valence-corrected chi connectivity index (χ3v) is 7.42. The highest BCUT2D eigenvalue weighted by molar-refractivity contribution is 7.89. The molecule has 178 valence electrons. The van der Waals surface area contributed by atoms with Crippen LogP contribution in [0.3, 0.4) is 0 Å². The van der Waals surface area contributed by atoms with Gasteiger partial charge in [0.25, 0.3) is 5.91 Å². The van der Waals surface area contributed by atoms with Gasteiger partial charge in [0.05, 0.1) is 4.90 Å². The summed E-state index contributed by atoms with van der Waals surface area (Å²) < 4.78 is 32.5. The number of benzene rings is 1. The van der Waals surface area contributed by atoms with Gasteiger partial charge < -0.3 is 9.64 Å². The first kappa shape index (κ1) is 26.1. The molecule has 1 aromatic rings. The molecule has 1 aromatic carbocycles. The molecule has 8 heteroatoms. The van der Waals surface area contributed by atoms with Gasteiger partial charge in [-0.2, -0.15) is 4.31 Å². The Bertz CT molecular complexity index is 891. The SMILES string of the molecule is CC(OC(=O)/C=C/c1ccc(S(=O)(=O)N2CCCCCC2)cc1)C(=O)N(C(C)C)C(C)C. The zero-order valence-electron chi connectivity index (χ0n) is 19.8. The van der Waals surface area contributed by atoms with Crippen molar-refractivity contribution in [3.63, 3.8) is 0 Å². The zero-order chi connectivity index (χ0) is 23.9. The number of carbonyl (C=O) groups excluding carboxylic acids is 2. The first-order valence-electron chi connectivity index (χ1n) is 11.3. The molecule has 0 spiro atoms. The van der Waals surface area contributed by atoms with E-state index in [2.05, 4.69) is 0 Å². The van der Waals surface area contributed by atoms with E-state index in [4.69, 9.17) is 4.74 Å². The van der Waals surface area contributed by atoms with Crippen LogP contribution in [-0.4, -0.2) is 60.8 Å². The molecule has 0 bridgehead atoms. The van der Waals surface area contributed by atoms with Gasteiger partial charge >= 0.3 is 5.97 Å². The van der Waals surface area contributed by atoms with Crippen molar-refractivity contribution in [3.8, 4) is 0 Å². The van der Waals surface area contributed by atoms with E-state index >= 15 is 0 Å². The van der Waals surface area contributed by atoms with Crippen molar-refractivity contribution in [3.05, 3.63) is 35.9 Å². The summed E-state index contributed by atoms with van der Waals surface area (Å²) in [6.45, 7) is 10.3. The Kier molecular flexibility index (Phi) is 9.46. The van der Waals surface area contributed by atoms with Gasteiger partial charge in [-0.1, -0.05) is 25.0 Å². The summed E-state index contributed by atoms with van der Waals surface area (Å²) in [7, 11) is -3.51. The lowest BCUT2D eigenvalue weighted by atomic mass is 10.2. The molecular weight excluding hydrogens is 428 g/mol. The molecule has 1 aliphatic heterocycles. The van der Waals surface area contributed by atoms with Crippen LogP contribution in [-0.2, 0) is 24.3 Å². The molecule has 0 N–H and O–H groups in total. The molecule has 0 aromatic heterocycles. The lowest BCUT2D eigenvalue weighted by Gasteiger charge is -2.32. The minimum Gasteiger partial charge on any atom is -0.449 e. The minimum absolute atomic E-state index is 0.00306. The van der Waals surface area contributed by atoms with Crippen LogP contribution in [0.25, 0.3) is 6.08 Å². The Hall–Kier alpha value is -2.19. The minimum atomic E-state index is -3.51. The molecule has 2 rings (SSSR count). The fraction of sp³-hybridized carbons (Fsp3) is 0.583. The molecule has 32 heavy (non-hydrogen) atoms. The van der Waals surface area contributed by atoms with Crippen LogP contribution in [0.4, 0.5) is 0 Å². The number of ether oxygens (including phenoxy) is 1. The monoisotopic (exact) mass is 464 g/mol. The van der Waals surface area contributed by atoms with Gasteiger partial charge in [-0.3, -0.25) is 4.79 Å². The summed E-state index contributed by atoms with van der Waals surface area (Å²) in [6.07, 6.45) is 5.79. The van der Waals surface area contributed by atoms with Gasteiger partial charge in [-0.05, 0) is 71.2 Å². The van der Waals surface area contributed by atoms with Gasteiger partial charge in [0.1, 0.15) is 0 Å². The summed E-state index contributed by atoms with van der Waals surface area (Å²) in [5.41, 5.74) is 0.668. The molecule has 1 saturated heterocycles. The average Bonchev–Trinajstić information content (AvgIpc) is 3.02. The molecule has 1 aliphatic rings. The fourth-order valence-corrected chi connectivity index (χ4v) is 5.44. The quantitative estimate of drug-likeness (QED) is 0.431. The largest absolute Gasteiger partial charge is 0.449 e. The third-order valence-electron chi connectivity index (χ3n) is 5.50. The number of hydrogen-bond donors (Lipinski definition) is 0. The smallest absolute Gasteiger partial charge is 0.331 e. The highest BCUT2D eigenvalue weighted by Gasteiger charge is 2.27. The summed E-state index contributed by atoms with van der Waals surface area (Å²) in [5, 5.41) is 0. The van der Waals surface area contributed by atoms with Crippen molar-refractivity contribution in [2.24, 2.45) is 0 Å². The number of hydrogen-bond acceptors (Lipinski definition) is 5. The van der Waals surface area contributed by atoms with Crippen LogP contribution in [0.5, 0.6) is 0 Å². The topological polar surface area (TPSA) is 84.0 Å². The molecule has 1 heterocycles. The number of sulfonamides is 1. The fourth-order valence-electron chi connectivity index (χ4n) is 3.93. The lowest BCUT2D eigenvalue weighted by molar-refractivity contribution is -0.157. The van der Waals surface area contributed by atoms with Gasteiger partial charge in [-0.25, -0.2) is 13.2 Å². The Labute approximate surface area is 192 Å². The van der Waals surface area contributed by atoms with Crippen LogP contribution in [0, 0.1) is 0 Å². The van der Waals surface area contributed by atoms with Gasteiger partial charge in [0.2, 0.25) is 10.0 Å². The second-order valence-electron chi connectivity index (χ2n) is 8.73. The lowest BCUT2D eigenvalue weighted by Crippen LogP contribution is -2.47. The van der Waals surface area contributed by atoms with E-state index in [1.165, 1.54) is 6.08 Å². The van der Waals surface area contributed by atoms with E-state index in [0.29, 0.717) is 18.7 Å². The van der Waals surface area contributed by atoms with Crippen molar-refractivity contribution >= 4 is 28.0 Å². The molecule has 1 amide bonds. The molecular formula is C24H36N2O5S. The summed E-state index contributed by atoms with van der Waals surface area (Å²) in [6, 6.07) is 6.43. The van der Waals surface area contributed by atoms with Crippen LogP contribution in [0.1, 0.15) is 65.9 Å². The molecule has 0 radical (unpaired) electrons. The van der Waals surface area contributed by atoms with Crippen molar-refractivity contribution in [2.45, 2.75) is 83.4 Å². The molecule has 1 unspecified atom stereocenters. The summed E-state index contributed by atoms with van der Waals surface area (Å²) >= 11 is 0. The van der Waals surface area contributed by atoms with Crippen molar-refractivity contribution < 1.29 is 22.7 Å². The maximum atomic E-state index is 12.9. The van der Waals surface area contributed by atoms with Crippen molar-refractivity contribution in [2.75, 3.05) is 13.1 Å². The first-order chi connectivity index (χ1) is 15.0. The molecule has 1 fully saturated rings. The van der Waals surface area contributed by atoms with Crippen LogP contribution >= 0.6 is 0 Å². The molecule has 7 nitrogen and oxygen atoms in total. The standard InChI is InChI=1S/C24H36N2O5S/c1-18(2)26(19(3)4)24(28)20(5)31-23(27)15-12-21-10-13-22(14-11-21)32(29,30)25-16-8-6-7-9-17-25/h10-15,18-20H,6-9,16-17H2,1-5H3/b15-12+. The Morgan fingerprint density at radius 1 is 0.938 bits per heavy atom.